The van der Waals surface area contributed by atoms with Crippen molar-refractivity contribution in [2.24, 2.45) is 0 Å². The van der Waals surface area contributed by atoms with Gasteiger partial charge in [0.15, 0.2) is 0 Å². The molecule has 0 aliphatic rings. The van der Waals surface area contributed by atoms with E-state index in [0.717, 1.165) is 17.0 Å². The third-order valence-electron chi connectivity index (χ3n) is 2.79. The molecule has 0 saturated carbocycles. The van der Waals surface area contributed by atoms with Gasteiger partial charge in [-0.15, -0.1) is 0 Å². The first kappa shape index (κ1) is 15.3. The lowest BCUT2D eigenvalue weighted by Crippen LogP contribution is -2.01. The minimum Gasteiger partial charge on any atom is -0.494 e. The maximum Gasteiger partial charge on any atom is 0.270 e. The first-order valence-corrected chi connectivity index (χ1v) is 7.28. The number of rotatable bonds is 6. The molecular weight excluding hydrogens is 336 g/mol. The van der Waals surface area contributed by atoms with Crippen molar-refractivity contribution in [1.29, 1.82) is 0 Å². The molecule has 0 radical (unpaired) electrons. The van der Waals surface area contributed by atoms with Crippen molar-refractivity contribution in [2.45, 2.75) is 13.5 Å². The summed E-state index contributed by atoms with van der Waals surface area (Å²) < 4.78 is 6.12. The fourth-order valence-electron chi connectivity index (χ4n) is 1.91. The quantitative estimate of drug-likeness (QED) is 0.620. The van der Waals surface area contributed by atoms with Crippen molar-refractivity contribution in [3.63, 3.8) is 0 Å². The summed E-state index contributed by atoms with van der Waals surface area (Å²) >= 11 is 3.29. The second-order valence-corrected chi connectivity index (χ2v) is 5.30. The molecule has 0 aliphatic heterocycles. The van der Waals surface area contributed by atoms with E-state index in [-0.39, 0.29) is 5.69 Å². The number of ether oxygens (including phenoxy) is 1. The van der Waals surface area contributed by atoms with Crippen LogP contribution in [0.3, 0.4) is 0 Å². The molecule has 0 amide bonds. The highest BCUT2D eigenvalue weighted by molar-refractivity contribution is 9.10. The number of nitrogens with one attached hydrogen (secondary N) is 1. The van der Waals surface area contributed by atoms with E-state index >= 15 is 0 Å². The molecular formula is C15H15BrN2O3. The number of halogens is 1. The normalized spacial score (nSPS) is 10.2. The SMILES string of the molecule is CCOc1cccc(NCc2cc(Br)cc([N+](=O)[O-])c2)c1. The molecule has 0 bridgehead atoms. The lowest BCUT2D eigenvalue weighted by atomic mass is 10.2. The van der Waals surface area contributed by atoms with Crippen LogP contribution in [0, 0.1) is 10.1 Å². The number of anilines is 1. The number of nitro benzene ring substituents is 1. The second kappa shape index (κ2) is 7.08. The fraction of sp³-hybridized carbons (Fsp3) is 0.200. The summed E-state index contributed by atoms with van der Waals surface area (Å²) in [5.74, 6) is 0.794. The van der Waals surface area contributed by atoms with Crippen LogP contribution in [-0.4, -0.2) is 11.5 Å². The maximum atomic E-state index is 10.8. The number of nitro groups is 1. The molecule has 0 fully saturated rings. The Kier molecular flexibility index (Phi) is 5.16. The summed E-state index contributed by atoms with van der Waals surface area (Å²) in [6.07, 6.45) is 0. The molecule has 5 nitrogen and oxygen atoms in total. The van der Waals surface area contributed by atoms with Crippen molar-refractivity contribution < 1.29 is 9.66 Å². The first-order valence-electron chi connectivity index (χ1n) is 6.49. The molecule has 6 heteroatoms. The molecule has 110 valence electrons. The first-order chi connectivity index (χ1) is 10.1. The average Bonchev–Trinajstić information content (AvgIpc) is 2.45. The van der Waals surface area contributed by atoms with Crippen LogP contribution in [0.4, 0.5) is 11.4 Å². The van der Waals surface area contributed by atoms with E-state index < -0.39 is 4.92 Å². The highest BCUT2D eigenvalue weighted by atomic mass is 79.9. The van der Waals surface area contributed by atoms with Gasteiger partial charge in [-0.05, 0) is 30.7 Å². The van der Waals surface area contributed by atoms with Crippen LogP contribution in [0.2, 0.25) is 0 Å². The fourth-order valence-corrected chi connectivity index (χ4v) is 2.44. The average molecular weight is 351 g/mol. The molecule has 0 saturated heterocycles. The van der Waals surface area contributed by atoms with Crippen LogP contribution >= 0.6 is 15.9 Å². The highest BCUT2D eigenvalue weighted by Crippen LogP contribution is 2.23. The molecule has 2 aromatic carbocycles. The maximum absolute atomic E-state index is 10.8. The Morgan fingerprint density at radius 2 is 2.10 bits per heavy atom. The molecule has 0 heterocycles. The largest absolute Gasteiger partial charge is 0.494 e. The minimum absolute atomic E-state index is 0.0734. The zero-order chi connectivity index (χ0) is 15.2. The molecule has 0 atom stereocenters. The van der Waals surface area contributed by atoms with Crippen LogP contribution in [-0.2, 0) is 6.54 Å². The third-order valence-corrected chi connectivity index (χ3v) is 3.25. The van der Waals surface area contributed by atoms with Gasteiger partial charge in [-0.3, -0.25) is 10.1 Å². The monoisotopic (exact) mass is 350 g/mol. The molecule has 0 aliphatic carbocycles. The minimum atomic E-state index is -0.399. The predicted octanol–water partition coefficient (Wildman–Crippen LogP) is 4.37. The van der Waals surface area contributed by atoms with E-state index in [1.54, 1.807) is 6.07 Å². The van der Waals surface area contributed by atoms with E-state index in [1.807, 2.05) is 37.3 Å². The van der Waals surface area contributed by atoms with Crippen molar-refractivity contribution >= 4 is 27.3 Å². The van der Waals surface area contributed by atoms with Gasteiger partial charge < -0.3 is 10.1 Å². The third kappa shape index (κ3) is 4.46. The molecule has 2 rings (SSSR count). The van der Waals surface area contributed by atoms with Gasteiger partial charge in [0.1, 0.15) is 5.75 Å². The summed E-state index contributed by atoms with van der Waals surface area (Å²) in [4.78, 5) is 10.4. The Bertz CT molecular complexity index is 647. The van der Waals surface area contributed by atoms with Gasteiger partial charge in [0, 0.05) is 34.9 Å². The molecule has 1 N–H and O–H groups in total. The van der Waals surface area contributed by atoms with Crippen LogP contribution in [0.5, 0.6) is 5.75 Å². The Morgan fingerprint density at radius 1 is 1.29 bits per heavy atom. The second-order valence-electron chi connectivity index (χ2n) is 4.39. The van der Waals surface area contributed by atoms with Crippen molar-refractivity contribution in [3.05, 3.63) is 62.6 Å². The Morgan fingerprint density at radius 3 is 2.81 bits per heavy atom. The standard InChI is InChI=1S/C15H15BrN2O3/c1-2-21-15-5-3-4-13(9-15)17-10-11-6-12(16)8-14(7-11)18(19)20/h3-9,17H,2,10H2,1H3. The van der Waals surface area contributed by atoms with E-state index in [4.69, 9.17) is 4.74 Å². The van der Waals surface area contributed by atoms with E-state index in [9.17, 15) is 10.1 Å². The van der Waals surface area contributed by atoms with E-state index in [1.165, 1.54) is 6.07 Å². The van der Waals surface area contributed by atoms with Crippen LogP contribution in [0.25, 0.3) is 0 Å². The molecule has 21 heavy (non-hydrogen) atoms. The van der Waals surface area contributed by atoms with E-state index in [0.29, 0.717) is 17.6 Å². The lowest BCUT2D eigenvalue weighted by Gasteiger charge is -2.09. The Balaban J connectivity index is 2.09. The number of hydrogen-bond acceptors (Lipinski definition) is 4. The van der Waals surface area contributed by atoms with Crippen molar-refractivity contribution in [2.75, 3.05) is 11.9 Å². The molecule has 2 aromatic rings. The van der Waals surface area contributed by atoms with Gasteiger partial charge in [-0.25, -0.2) is 0 Å². The summed E-state index contributed by atoms with van der Waals surface area (Å²) in [6, 6.07) is 12.5. The van der Waals surface area contributed by atoms with Crippen LogP contribution < -0.4 is 10.1 Å². The zero-order valence-corrected chi connectivity index (χ0v) is 13.1. The number of non-ortho nitro benzene ring substituents is 1. The van der Waals surface area contributed by atoms with E-state index in [2.05, 4.69) is 21.2 Å². The van der Waals surface area contributed by atoms with Crippen LogP contribution in [0.15, 0.2) is 46.9 Å². The topological polar surface area (TPSA) is 64.4 Å². The van der Waals surface area contributed by atoms with Gasteiger partial charge in [-0.1, -0.05) is 22.0 Å². The van der Waals surface area contributed by atoms with Crippen LogP contribution in [0.1, 0.15) is 12.5 Å². The summed E-state index contributed by atoms with van der Waals surface area (Å²) in [6.45, 7) is 3.04. The summed E-state index contributed by atoms with van der Waals surface area (Å²) in [5.41, 5.74) is 1.81. The number of nitrogens with zero attached hydrogens (tertiary/aromatic N) is 1. The Hall–Kier alpha value is -2.08. The van der Waals surface area contributed by atoms with Gasteiger partial charge in [0.05, 0.1) is 11.5 Å². The highest BCUT2D eigenvalue weighted by Gasteiger charge is 2.08. The summed E-state index contributed by atoms with van der Waals surface area (Å²) in [7, 11) is 0. The van der Waals surface area contributed by atoms with Gasteiger partial charge in [0.25, 0.3) is 5.69 Å². The summed E-state index contributed by atoms with van der Waals surface area (Å²) in [5, 5.41) is 14.1. The zero-order valence-electron chi connectivity index (χ0n) is 11.5. The number of hydrogen-bond donors (Lipinski definition) is 1. The van der Waals surface area contributed by atoms with Gasteiger partial charge >= 0.3 is 0 Å². The smallest absolute Gasteiger partial charge is 0.270 e. The van der Waals surface area contributed by atoms with Crippen molar-refractivity contribution in [1.82, 2.24) is 0 Å². The van der Waals surface area contributed by atoms with Gasteiger partial charge in [-0.2, -0.15) is 0 Å². The number of benzene rings is 2. The van der Waals surface area contributed by atoms with Crippen molar-refractivity contribution in [3.8, 4) is 5.75 Å². The molecule has 0 aromatic heterocycles. The Labute approximate surface area is 131 Å². The molecule has 0 unspecified atom stereocenters. The predicted molar refractivity (Wildman–Crippen MR) is 85.7 cm³/mol. The lowest BCUT2D eigenvalue weighted by molar-refractivity contribution is -0.385. The molecule has 0 spiro atoms. The van der Waals surface area contributed by atoms with Gasteiger partial charge in [0.2, 0.25) is 0 Å².